The van der Waals surface area contributed by atoms with Gasteiger partial charge in [-0.2, -0.15) is 0 Å². The Morgan fingerprint density at radius 1 is 1.25 bits per heavy atom. The first-order valence-electron chi connectivity index (χ1n) is 6.30. The maximum atomic E-state index is 11.7. The van der Waals surface area contributed by atoms with Gasteiger partial charge in [0, 0.05) is 17.6 Å². The number of guanidine groups is 1. The largest absolute Gasteiger partial charge is 0.370 e. The fourth-order valence-electron chi connectivity index (χ4n) is 1.46. The number of nitrogens with one attached hydrogen (secondary N) is 2. The number of amides is 1. The summed E-state index contributed by atoms with van der Waals surface area (Å²) in [5, 5.41) is 5.84. The van der Waals surface area contributed by atoms with Crippen LogP contribution in [0.15, 0.2) is 35.3 Å². The van der Waals surface area contributed by atoms with Crippen LogP contribution in [-0.2, 0) is 0 Å². The highest BCUT2D eigenvalue weighted by Crippen LogP contribution is 1.98. The van der Waals surface area contributed by atoms with Crippen LogP contribution in [0.3, 0.4) is 0 Å². The van der Waals surface area contributed by atoms with Gasteiger partial charge >= 0.3 is 0 Å². The smallest absolute Gasteiger partial charge is 0.251 e. The lowest BCUT2D eigenvalue weighted by Crippen LogP contribution is -2.45. The average molecular weight is 390 g/mol. The van der Waals surface area contributed by atoms with Crippen LogP contribution in [-0.4, -0.2) is 30.5 Å². The summed E-state index contributed by atoms with van der Waals surface area (Å²) in [5.74, 6) is 0.291. The Hall–Kier alpha value is -1.31. The van der Waals surface area contributed by atoms with Crippen LogP contribution >= 0.6 is 24.0 Å². The predicted molar refractivity (Wildman–Crippen MR) is 93.6 cm³/mol. The minimum Gasteiger partial charge on any atom is -0.370 e. The fraction of sp³-hybridized carbons (Fsp3) is 0.429. The van der Waals surface area contributed by atoms with Crippen molar-refractivity contribution in [3.8, 4) is 0 Å². The lowest BCUT2D eigenvalue weighted by molar-refractivity contribution is 0.0955. The molecule has 1 amide bonds. The summed E-state index contributed by atoms with van der Waals surface area (Å²) in [6.07, 6.45) is 0. The molecule has 1 aromatic rings. The van der Waals surface area contributed by atoms with Crippen molar-refractivity contribution in [1.82, 2.24) is 10.6 Å². The topological polar surface area (TPSA) is 79.5 Å². The van der Waals surface area contributed by atoms with E-state index in [1.165, 1.54) is 0 Å². The number of hydrogen-bond donors (Lipinski definition) is 3. The van der Waals surface area contributed by atoms with Gasteiger partial charge in [-0.15, -0.1) is 24.0 Å². The number of carbonyl (C=O) groups excluding carboxylic acids is 1. The average Bonchev–Trinajstić information content (AvgIpc) is 2.33. The van der Waals surface area contributed by atoms with Crippen molar-refractivity contribution in [2.24, 2.45) is 10.7 Å². The van der Waals surface area contributed by atoms with Crippen molar-refractivity contribution >= 4 is 35.8 Å². The van der Waals surface area contributed by atoms with E-state index in [-0.39, 0.29) is 35.4 Å². The number of hydrogen-bond acceptors (Lipinski definition) is 2. The Labute approximate surface area is 137 Å². The molecule has 6 heteroatoms. The van der Waals surface area contributed by atoms with Gasteiger partial charge in [-0.1, -0.05) is 18.2 Å². The number of benzene rings is 1. The number of aliphatic imine (C=N–C) groups is 1. The summed E-state index contributed by atoms with van der Waals surface area (Å²) in [7, 11) is 0. The molecule has 0 heterocycles. The molecule has 0 aromatic heterocycles. The molecule has 0 aliphatic rings. The van der Waals surface area contributed by atoms with Gasteiger partial charge in [-0.25, -0.2) is 0 Å². The number of carbonyl (C=O) groups is 1. The molecule has 0 aliphatic heterocycles. The summed E-state index contributed by atoms with van der Waals surface area (Å²) in [5.41, 5.74) is 6.25. The molecule has 112 valence electrons. The standard InChI is InChI=1S/C14H22N4O.HI/c1-14(2,3)18-13(15)17-10-9-16-12(19)11-7-5-4-6-8-11;/h4-8H,9-10H2,1-3H3,(H,16,19)(H3,15,17,18);1H. The molecule has 0 saturated heterocycles. The number of rotatable bonds is 4. The van der Waals surface area contributed by atoms with Crippen molar-refractivity contribution in [1.29, 1.82) is 0 Å². The molecule has 0 atom stereocenters. The van der Waals surface area contributed by atoms with Gasteiger partial charge in [0.25, 0.3) is 5.91 Å². The van der Waals surface area contributed by atoms with Gasteiger partial charge in [0.05, 0.1) is 6.54 Å². The highest BCUT2D eigenvalue weighted by molar-refractivity contribution is 14.0. The molecule has 0 radical (unpaired) electrons. The third-order valence-corrected chi connectivity index (χ3v) is 2.22. The molecule has 0 bridgehead atoms. The first-order valence-corrected chi connectivity index (χ1v) is 6.30. The maximum Gasteiger partial charge on any atom is 0.251 e. The SMILES string of the molecule is CC(C)(C)NC(N)=NCCNC(=O)c1ccccc1.I. The van der Waals surface area contributed by atoms with Crippen molar-refractivity contribution in [2.45, 2.75) is 26.3 Å². The molecular weight excluding hydrogens is 367 g/mol. The highest BCUT2D eigenvalue weighted by Gasteiger charge is 2.09. The van der Waals surface area contributed by atoms with Gasteiger partial charge in [-0.05, 0) is 32.9 Å². The van der Waals surface area contributed by atoms with Crippen LogP contribution in [0.4, 0.5) is 0 Å². The third kappa shape index (κ3) is 7.98. The molecular formula is C14H23IN4O. The van der Waals surface area contributed by atoms with E-state index in [2.05, 4.69) is 15.6 Å². The summed E-state index contributed by atoms with van der Waals surface area (Å²) in [4.78, 5) is 15.9. The van der Waals surface area contributed by atoms with E-state index in [9.17, 15) is 4.79 Å². The molecule has 4 N–H and O–H groups in total. The Bertz CT molecular complexity index is 440. The third-order valence-electron chi connectivity index (χ3n) is 2.22. The van der Waals surface area contributed by atoms with E-state index in [0.717, 1.165) is 0 Å². The van der Waals surface area contributed by atoms with E-state index in [0.29, 0.717) is 24.6 Å². The van der Waals surface area contributed by atoms with E-state index in [4.69, 9.17) is 5.73 Å². The second-order valence-corrected chi connectivity index (χ2v) is 5.26. The molecule has 1 rings (SSSR count). The van der Waals surface area contributed by atoms with E-state index < -0.39 is 0 Å². The molecule has 20 heavy (non-hydrogen) atoms. The Morgan fingerprint density at radius 2 is 1.85 bits per heavy atom. The Balaban J connectivity index is 0.00000361. The van der Waals surface area contributed by atoms with Crippen LogP contribution in [0.1, 0.15) is 31.1 Å². The van der Waals surface area contributed by atoms with Gasteiger partial charge in [0.2, 0.25) is 0 Å². The van der Waals surface area contributed by atoms with Crippen molar-refractivity contribution in [2.75, 3.05) is 13.1 Å². The minimum atomic E-state index is -0.110. The zero-order chi connectivity index (χ0) is 14.3. The second-order valence-electron chi connectivity index (χ2n) is 5.26. The van der Waals surface area contributed by atoms with Crippen LogP contribution in [0, 0.1) is 0 Å². The normalized spacial score (nSPS) is 11.4. The predicted octanol–water partition coefficient (Wildman–Crippen LogP) is 1.74. The van der Waals surface area contributed by atoms with Crippen molar-refractivity contribution < 1.29 is 4.79 Å². The summed E-state index contributed by atoms with van der Waals surface area (Å²) < 4.78 is 0. The lowest BCUT2D eigenvalue weighted by atomic mass is 10.1. The van der Waals surface area contributed by atoms with Crippen LogP contribution in [0.25, 0.3) is 0 Å². The molecule has 0 aliphatic carbocycles. The summed E-state index contributed by atoms with van der Waals surface area (Å²) in [6.45, 7) is 6.93. The maximum absolute atomic E-state index is 11.7. The molecule has 0 spiro atoms. The molecule has 5 nitrogen and oxygen atoms in total. The van der Waals surface area contributed by atoms with Crippen LogP contribution in [0.2, 0.25) is 0 Å². The molecule has 0 unspecified atom stereocenters. The first kappa shape index (κ1) is 18.7. The summed E-state index contributed by atoms with van der Waals surface area (Å²) in [6, 6.07) is 9.08. The lowest BCUT2D eigenvalue weighted by Gasteiger charge is -2.20. The van der Waals surface area contributed by atoms with E-state index in [1.54, 1.807) is 12.1 Å². The number of nitrogens with zero attached hydrogens (tertiary/aromatic N) is 1. The Morgan fingerprint density at radius 3 is 2.40 bits per heavy atom. The zero-order valence-electron chi connectivity index (χ0n) is 12.1. The van der Waals surface area contributed by atoms with Gasteiger partial charge in [0.1, 0.15) is 0 Å². The highest BCUT2D eigenvalue weighted by atomic mass is 127. The number of nitrogens with two attached hydrogens (primary N) is 1. The summed E-state index contributed by atoms with van der Waals surface area (Å²) >= 11 is 0. The van der Waals surface area contributed by atoms with Crippen molar-refractivity contribution in [3.63, 3.8) is 0 Å². The molecule has 1 aromatic carbocycles. The van der Waals surface area contributed by atoms with Gasteiger partial charge in [0.15, 0.2) is 5.96 Å². The van der Waals surface area contributed by atoms with Crippen molar-refractivity contribution in [3.05, 3.63) is 35.9 Å². The number of halogens is 1. The zero-order valence-corrected chi connectivity index (χ0v) is 14.5. The second kappa shape index (κ2) is 8.78. The van der Waals surface area contributed by atoms with E-state index >= 15 is 0 Å². The minimum absolute atomic E-state index is 0. The monoisotopic (exact) mass is 390 g/mol. The van der Waals surface area contributed by atoms with Crippen LogP contribution < -0.4 is 16.4 Å². The Kier molecular flexibility index (Phi) is 8.21. The van der Waals surface area contributed by atoms with Gasteiger partial charge in [-0.3, -0.25) is 9.79 Å². The van der Waals surface area contributed by atoms with Gasteiger partial charge < -0.3 is 16.4 Å². The first-order chi connectivity index (χ1) is 8.88. The van der Waals surface area contributed by atoms with E-state index in [1.807, 2.05) is 39.0 Å². The fourth-order valence-corrected chi connectivity index (χ4v) is 1.46. The van der Waals surface area contributed by atoms with Crippen LogP contribution in [0.5, 0.6) is 0 Å². The quantitative estimate of drug-likeness (QED) is 0.317. The molecule has 0 saturated carbocycles. The molecule has 0 fully saturated rings.